The summed E-state index contributed by atoms with van der Waals surface area (Å²) >= 11 is 8.91. The van der Waals surface area contributed by atoms with Crippen molar-refractivity contribution in [3.8, 4) is 0 Å². The van der Waals surface area contributed by atoms with Crippen molar-refractivity contribution in [1.29, 1.82) is 0 Å². The summed E-state index contributed by atoms with van der Waals surface area (Å²) in [5.74, 6) is -1.05. The number of aromatic nitrogens is 1. The Labute approximate surface area is 246 Å². The highest BCUT2D eigenvalue weighted by Crippen LogP contribution is 2.29. The first-order valence-electron chi connectivity index (χ1n) is 12.5. The second kappa shape index (κ2) is 13.9. The molecule has 40 heavy (non-hydrogen) atoms. The van der Waals surface area contributed by atoms with E-state index >= 15 is 0 Å². The standard InChI is InChI=1S/C30H27ClN4O3S2/c1-3-26(29(38)35-30-32-19(2)18-39-30)40-24-14-8-13-23(17-24)33-28(37)25(16-20-9-7-12-22(31)15-20)34-27(36)21-10-5-4-6-11-21/h4-18,26H,3H2,1-2H3,(H,33,37)(H,34,36)(H,32,35,38)/b25-16-. The van der Waals surface area contributed by atoms with Gasteiger partial charge in [-0.1, -0.05) is 54.9 Å². The fraction of sp³-hybridized carbons (Fsp3) is 0.133. The molecule has 0 saturated heterocycles. The molecule has 1 heterocycles. The summed E-state index contributed by atoms with van der Waals surface area (Å²) in [6.07, 6.45) is 2.17. The minimum absolute atomic E-state index is 0.0544. The maximum absolute atomic E-state index is 13.4. The van der Waals surface area contributed by atoms with E-state index in [0.29, 0.717) is 33.4 Å². The van der Waals surface area contributed by atoms with Gasteiger partial charge in [-0.15, -0.1) is 23.1 Å². The molecule has 1 aromatic heterocycles. The zero-order valence-corrected chi connectivity index (χ0v) is 24.2. The zero-order valence-electron chi connectivity index (χ0n) is 21.8. The zero-order chi connectivity index (χ0) is 28.5. The smallest absolute Gasteiger partial charge is 0.272 e. The van der Waals surface area contributed by atoms with E-state index in [-0.39, 0.29) is 16.9 Å². The molecule has 10 heteroatoms. The lowest BCUT2D eigenvalue weighted by Crippen LogP contribution is -2.30. The minimum atomic E-state index is -0.504. The van der Waals surface area contributed by atoms with Crippen molar-refractivity contribution in [2.75, 3.05) is 10.6 Å². The maximum atomic E-state index is 13.4. The van der Waals surface area contributed by atoms with Crippen LogP contribution < -0.4 is 16.0 Å². The second-order valence-electron chi connectivity index (χ2n) is 8.71. The van der Waals surface area contributed by atoms with Gasteiger partial charge in [0.15, 0.2) is 5.13 Å². The molecule has 1 atom stereocenters. The minimum Gasteiger partial charge on any atom is -0.321 e. The van der Waals surface area contributed by atoms with Crippen LogP contribution in [0.5, 0.6) is 0 Å². The number of aryl methyl sites for hydroxylation is 1. The maximum Gasteiger partial charge on any atom is 0.272 e. The monoisotopic (exact) mass is 590 g/mol. The molecule has 0 fully saturated rings. The van der Waals surface area contributed by atoms with Crippen LogP contribution >= 0.6 is 34.7 Å². The molecule has 3 amide bonds. The van der Waals surface area contributed by atoms with Gasteiger partial charge >= 0.3 is 0 Å². The molecule has 3 N–H and O–H groups in total. The number of anilines is 2. The summed E-state index contributed by atoms with van der Waals surface area (Å²) in [5, 5.41) is 11.1. The fourth-order valence-corrected chi connectivity index (χ4v) is 5.54. The third-order valence-electron chi connectivity index (χ3n) is 5.57. The van der Waals surface area contributed by atoms with E-state index < -0.39 is 11.8 Å². The van der Waals surface area contributed by atoms with Crippen molar-refractivity contribution in [2.24, 2.45) is 0 Å². The third kappa shape index (κ3) is 8.29. The Morgan fingerprint density at radius 3 is 2.48 bits per heavy atom. The Kier molecular flexibility index (Phi) is 10.1. The number of thioether (sulfide) groups is 1. The predicted molar refractivity (Wildman–Crippen MR) is 164 cm³/mol. The first-order chi connectivity index (χ1) is 19.3. The van der Waals surface area contributed by atoms with Crippen LogP contribution in [0.3, 0.4) is 0 Å². The van der Waals surface area contributed by atoms with Crippen LogP contribution in [0.4, 0.5) is 10.8 Å². The van der Waals surface area contributed by atoms with Gasteiger partial charge in [0.1, 0.15) is 5.70 Å². The van der Waals surface area contributed by atoms with Crippen molar-refractivity contribution in [3.63, 3.8) is 0 Å². The number of amides is 3. The Morgan fingerprint density at radius 1 is 1.00 bits per heavy atom. The van der Waals surface area contributed by atoms with Gasteiger partial charge in [-0.3, -0.25) is 14.4 Å². The number of thiazole rings is 1. The lowest BCUT2D eigenvalue weighted by Gasteiger charge is -2.15. The molecular weight excluding hydrogens is 564 g/mol. The fourth-order valence-electron chi connectivity index (χ4n) is 3.63. The summed E-state index contributed by atoms with van der Waals surface area (Å²) in [6.45, 7) is 3.82. The molecule has 7 nitrogen and oxygen atoms in total. The van der Waals surface area contributed by atoms with Crippen molar-refractivity contribution in [2.45, 2.75) is 30.4 Å². The van der Waals surface area contributed by atoms with Crippen molar-refractivity contribution in [1.82, 2.24) is 10.3 Å². The molecule has 0 aliphatic heterocycles. The molecular formula is C30H27ClN4O3S2. The number of hydrogen-bond donors (Lipinski definition) is 3. The summed E-state index contributed by atoms with van der Waals surface area (Å²) in [6, 6.07) is 22.8. The van der Waals surface area contributed by atoms with Crippen molar-refractivity contribution >= 4 is 69.3 Å². The number of nitrogens with zero attached hydrogens (tertiary/aromatic N) is 1. The van der Waals surface area contributed by atoms with E-state index in [1.807, 2.05) is 31.4 Å². The summed E-state index contributed by atoms with van der Waals surface area (Å²) in [5.41, 5.74) is 2.50. The molecule has 0 aliphatic rings. The molecule has 4 aromatic rings. The molecule has 204 valence electrons. The van der Waals surface area contributed by atoms with Crippen LogP contribution in [0.15, 0.2) is 94.8 Å². The number of carbonyl (C=O) groups excluding carboxylic acids is 3. The van der Waals surface area contributed by atoms with Crippen LogP contribution in [-0.2, 0) is 9.59 Å². The van der Waals surface area contributed by atoms with E-state index in [9.17, 15) is 14.4 Å². The van der Waals surface area contributed by atoms with E-state index in [4.69, 9.17) is 11.6 Å². The van der Waals surface area contributed by atoms with Crippen LogP contribution in [-0.4, -0.2) is 28.0 Å². The highest BCUT2D eigenvalue weighted by molar-refractivity contribution is 8.00. The molecule has 4 rings (SSSR count). The predicted octanol–water partition coefficient (Wildman–Crippen LogP) is 7.02. The van der Waals surface area contributed by atoms with Crippen LogP contribution in [0, 0.1) is 6.92 Å². The number of nitrogens with one attached hydrogen (secondary N) is 3. The SMILES string of the molecule is CCC(Sc1cccc(NC(=O)/C(=C/c2cccc(Cl)c2)NC(=O)c2ccccc2)c1)C(=O)Nc1nc(C)cs1. The number of benzene rings is 3. The topological polar surface area (TPSA) is 100 Å². The van der Waals surface area contributed by atoms with Crippen LogP contribution in [0.25, 0.3) is 6.08 Å². The molecule has 0 saturated carbocycles. The average molecular weight is 591 g/mol. The van der Waals surface area contributed by atoms with E-state index in [1.165, 1.54) is 23.1 Å². The van der Waals surface area contributed by atoms with Gasteiger partial charge < -0.3 is 16.0 Å². The Hall–Kier alpha value is -3.92. The van der Waals surface area contributed by atoms with E-state index in [0.717, 1.165) is 10.6 Å². The highest BCUT2D eigenvalue weighted by atomic mass is 35.5. The van der Waals surface area contributed by atoms with Crippen LogP contribution in [0.2, 0.25) is 5.02 Å². The number of halogens is 1. The second-order valence-corrected chi connectivity index (χ2v) is 11.3. The number of rotatable bonds is 10. The first-order valence-corrected chi connectivity index (χ1v) is 14.6. The molecule has 0 spiro atoms. The Morgan fingerprint density at radius 2 is 1.77 bits per heavy atom. The lowest BCUT2D eigenvalue weighted by atomic mass is 10.1. The van der Waals surface area contributed by atoms with Gasteiger partial charge in [0.2, 0.25) is 5.91 Å². The largest absolute Gasteiger partial charge is 0.321 e. The lowest BCUT2D eigenvalue weighted by molar-refractivity contribution is -0.116. The normalized spacial score (nSPS) is 11.9. The third-order valence-corrected chi connectivity index (χ3v) is 8.04. The van der Waals surface area contributed by atoms with Gasteiger partial charge in [0.25, 0.3) is 11.8 Å². The summed E-state index contributed by atoms with van der Waals surface area (Å²) in [7, 11) is 0. The number of carbonyl (C=O) groups is 3. The van der Waals surface area contributed by atoms with Gasteiger partial charge in [-0.25, -0.2) is 4.98 Å². The van der Waals surface area contributed by atoms with Gasteiger partial charge in [-0.2, -0.15) is 0 Å². The van der Waals surface area contributed by atoms with Crippen LogP contribution in [0.1, 0.15) is 35.0 Å². The van der Waals surface area contributed by atoms with E-state index in [1.54, 1.807) is 72.8 Å². The first kappa shape index (κ1) is 29.1. The van der Waals surface area contributed by atoms with Gasteiger partial charge in [0, 0.05) is 26.5 Å². The van der Waals surface area contributed by atoms with Gasteiger partial charge in [-0.05, 0) is 67.4 Å². The Bertz CT molecular complexity index is 1540. The highest BCUT2D eigenvalue weighted by Gasteiger charge is 2.20. The summed E-state index contributed by atoms with van der Waals surface area (Å²) in [4.78, 5) is 44.2. The van der Waals surface area contributed by atoms with Gasteiger partial charge in [0.05, 0.1) is 10.9 Å². The molecule has 0 radical (unpaired) electrons. The van der Waals surface area contributed by atoms with E-state index in [2.05, 4.69) is 20.9 Å². The van der Waals surface area contributed by atoms with Crippen molar-refractivity contribution in [3.05, 3.63) is 112 Å². The molecule has 0 bridgehead atoms. The summed E-state index contributed by atoms with van der Waals surface area (Å²) < 4.78 is 0. The quantitative estimate of drug-likeness (QED) is 0.136. The average Bonchev–Trinajstić information content (AvgIpc) is 3.36. The molecule has 3 aromatic carbocycles. The Balaban J connectivity index is 1.50. The van der Waals surface area contributed by atoms with Crippen molar-refractivity contribution < 1.29 is 14.4 Å². The molecule has 1 unspecified atom stereocenters. The molecule has 0 aliphatic carbocycles. The number of hydrogen-bond acceptors (Lipinski definition) is 6.